The van der Waals surface area contributed by atoms with Crippen molar-refractivity contribution in [3.8, 4) is 0 Å². The minimum Gasteiger partial charge on any atom is -0.332 e. The minimum atomic E-state index is -4.32. The van der Waals surface area contributed by atoms with Crippen LogP contribution in [0.2, 0.25) is 0 Å². The fourth-order valence-electron chi connectivity index (χ4n) is 1.53. The summed E-state index contributed by atoms with van der Waals surface area (Å²) in [5.74, 6) is 0.739. The fourth-order valence-corrected chi connectivity index (χ4v) is 2.46. The number of carbonyl (C=O) groups excluding carboxylic acids is 1. The van der Waals surface area contributed by atoms with Crippen LogP contribution in [-0.2, 0) is 4.79 Å². The van der Waals surface area contributed by atoms with Gasteiger partial charge < -0.3 is 4.90 Å². The number of carbonyl (C=O) groups is 1. The molecule has 1 amide bonds. The maximum absolute atomic E-state index is 12.3. The lowest BCUT2D eigenvalue weighted by Gasteiger charge is -2.25. The van der Waals surface area contributed by atoms with Crippen LogP contribution in [0, 0.1) is 0 Å². The molecule has 1 fully saturated rings. The van der Waals surface area contributed by atoms with Crippen LogP contribution < -0.4 is 5.32 Å². The summed E-state index contributed by atoms with van der Waals surface area (Å²) in [6.45, 7) is 0.761. The summed E-state index contributed by atoms with van der Waals surface area (Å²) in [5, 5.41) is 2.89. The summed E-state index contributed by atoms with van der Waals surface area (Å²) < 4.78 is 36.8. The smallest absolute Gasteiger partial charge is 0.332 e. The monoisotopic (exact) mass is 256 g/mol. The van der Waals surface area contributed by atoms with Gasteiger partial charge in [-0.2, -0.15) is 13.2 Å². The third kappa shape index (κ3) is 4.21. The highest BCUT2D eigenvalue weighted by Crippen LogP contribution is 2.19. The van der Waals surface area contributed by atoms with Crippen LogP contribution in [0.15, 0.2) is 0 Å². The van der Waals surface area contributed by atoms with Gasteiger partial charge in [0.2, 0.25) is 5.91 Å². The number of thioether (sulfide) groups is 1. The zero-order valence-corrected chi connectivity index (χ0v) is 9.83. The second-order valence-corrected chi connectivity index (χ2v) is 4.68. The molecule has 1 heterocycles. The zero-order chi connectivity index (χ0) is 12.2. The standard InChI is InChI=1S/C9H15F3N2OS/c1-2-3-14(5-9(10,11)12)8(15)7-4-16-6-13-7/h7,13H,2-6H2,1H3. The van der Waals surface area contributed by atoms with Gasteiger partial charge in [-0.15, -0.1) is 11.8 Å². The van der Waals surface area contributed by atoms with E-state index < -0.39 is 24.7 Å². The van der Waals surface area contributed by atoms with E-state index in [9.17, 15) is 18.0 Å². The predicted molar refractivity (Wildman–Crippen MR) is 57.2 cm³/mol. The average molecular weight is 256 g/mol. The van der Waals surface area contributed by atoms with Crippen molar-refractivity contribution in [2.45, 2.75) is 25.6 Å². The molecule has 0 aliphatic carbocycles. The Kier molecular flexibility index (Phi) is 4.91. The van der Waals surface area contributed by atoms with Crippen LogP contribution >= 0.6 is 11.8 Å². The summed E-state index contributed by atoms with van der Waals surface area (Å²) in [4.78, 5) is 12.7. The van der Waals surface area contributed by atoms with Crippen molar-refractivity contribution in [1.82, 2.24) is 10.2 Å². The van der Waals surface area contributed by atoms with Crippen LogP contribution in [0.5, 0.6) is 0 Å². The molecule has 7 heteroatoms. The third-order valence-corrected chi connectivity index (χ3v) is 3.13. The Morgan fingerprint density at radius 2 is 2.25 bits per heavy atom. The van der Waals surface area contributed by atoms with Crippen LogP contribution in [0.3, 0.4) is 0 Å². The Bertz CT molecular complexity index is 241. The van der Waals surface area contributed by atoms with E-state index >= 15 is 0 Å². The molecular formula is C9H15F3N2OS. The van der Waals surface area contributed by atoms with Crippen molar-refractivity contribution >= 4 is 17.7 Å². The molecule has 0 radical (unpaired) electrons. The summed E-state index contributed by atoms with van der Waals surface area (Å²) in [5.41, 5.74) is 0. The number of nitrogens with one attached hydrogen (secondary N) is 1. The van der Waals surface area contributed by atoms with Crippen molar-refractivity contribution in [3.05, 3.63) is 0 Å². The van der Waals surface area contributed by atoms with Crippen LogP contribution in [0.4, 0.5) is 13.2 Å². The second-order valence-electron chi connectivity index (χ2n) is 3.65. The Morgan fingerprint density at radius 1 is 1.56 bits per heavy atom. The first-order valence-corrected chi connectivity index (χ1v) is 6.26. The first-order valence-electron chi connectivity index (χ1n) is 5.10. The lowest BCUT2D eigenvalue weighted by Crippen LogP contribution is -2.48. The summed E-state index contributed by atoms with van der Waals surface area (Å²) >= 11 is 1.52. The quantitative estimate of drug-likeness (QED) is 0.826. The molecule has 1 aliphatic rings. The first kappa shape index (κ1) is 13.6. The predicted octanol–water partition coefficient (Wildman–Crippen LogP) is 1.45. The molecule has 1 aliphatic heterocycles. The van der Waals surface area contributed by atoms with Gasteiger partial charge in [-0.25, -0.2) is 0 Å². The van der Waals surface area contributed by atoms with Gasteiger partial charge in [0.05, 0.1) is 6.04 Å². The van der Waals surface area contributed by atoms with Gasteiger partial charge in [0.15, 0.2) is 0 Å². The van der Waals surface area contributed by atoms with E-state index in [-0.39, 0.29) is 6.54 Å². The van der Waals surface area contributed by atoms with E-state index in [1.165, 1.54) is 11.8 Å². The van der Waals surface area contributed by atoms with Crippen molar-refractivity contribution in [1.29, 1.82) is 0 Å². The molecule has 0 aromatic carbocycles. The number of nitrogens with zero attached hydrogens (tertiary/aromatic N) is 1. The van der Waals surface area contributed by atoms with Crippen LogP contribution in [0.25, 0.3) is 0 Å². The number of hydrogen-bond acceptors (Lipinski definition) is 3. The topological polar surface area (TPSA) is 32.3 Å². The largest absolute Gasteiger partial charge is 0.406 e. The minimum absolute atomic E-state index is 0.154. The van der Waals surface area contributed by atoms with Crippen molar-refractivity contribution in [3.63, 3.8) is 0 Å². The van der Waals surface area contributed by atoms with E-state index in [0.717, 1.165) is 4.90 Å². The molecular weight excluding hydrogens is 241 g/mol. The molecule has 1 saturated heterocycles. The van der Waals surface area contributed by atoms with Crippen molar-refractivity contribution in [2.75, 3.05) is 24.7 Å². The van der Waals surface area contributed by atoms with Gasteiger partial charge in [0, 0.05) is 18.2 Å². The molecule has 3 nitrogen and oxygen atoms in total. The van der Waals surface area contributed by atoms with Crippen molar-refractivity contribution in [2.24, 2.45) is 0 Å². The highest BCUT2D eigenvalue weighted by molar-refractivity contribution is 7.99. The lowest BCUT2D eigenvalue weighted by atomic mass is 10.2. The van der Waals surface area contributed by atoms with E-state index in [2.05, 4.69) is 5.32 Å². The first-order chi connectivity index (χ1) is 7.44. The highest BCUT2D eigenvalue weighted by Gasteiger charge is 2.35. The Balaban J connectivity index is 2.57. The molecule has 0 saturated carbocycles. The Morgan fingerprint density at radius 3 is 2.69 bits per heavy atom. The maximum atomic E-state index is 12.3. The third-order valence-electron chi connectivity index (χ3n) is 2.19. The summed E-state index contributed by atoms with van der Waals surface area (Å²) in [7, 11) is 0. The maximum Gasteiger partial charge on any atom is 0.406 e. The molecule has 1 atom stereocenters. The molecule has 1 N–H and O–H groups in total. The number of alkyl halides is 3. The van der Waals surface area contributed by atoms with Gasteiger partial charge in [-0.05, 0) is 6.42 Å². The number of amides is 1. The van der Waals surface area contributed by atoms with Gasteiger partial charge in [0.25, 0.3) is 0 Å². The van der Waals surface area contributed by atoms with Gasteiger partial charge in [-0.3, -0.25) is 10.1 Å². The van der Waals surface area contributed by atoms with E-state index in [4.69, 9.17) is 0 Å². The summed E-state index contributed by atoms with van der Waals surface area (Å²) in [6.07, 6.45) is -3.79. The number of rotatable bonds is 4. The molecule has 16 heavy (non-hydrogen) atoms. The second kappa shape index (κ2) is 5.77. The summed E-state index contributed by atoms with van der Waals surface area (Å²) in [6, 6.07) is -0.459. The lowest BCUT2D eigenvalue weighted by molar-refractivity contribution is -0.162. The normalized spacial score (nSPS) is 21.1. The van der Waals surface area contributed by atoms with Crippen molar-refractivity contribution < 1.29 is 18.0 Å². The molecule has 1 rings (SSSR count). The molecule has 0 spiro atoms. The van der Waals surface area contributed by atoms with E-state index in [0.29, 0.717) is 18.1 Å². The molecule has 1 unspecified atom stereocenters. The Labute approximate surface area is 96.7 Å². The zero-order valence-electron chi connectivity index (χ0n) is 9.01. The van der Waals surface area contributed by atoms with Crippen LogP contribution in [-0.4, -0.2) is 47.7 Å². The van der Waals surface area contributed by atoms with Gasteiger partial charge >= 0.3 is 6.18 Å². The van der Waals surface area contributed by atoms with Gasteiger partial charge in [0.1, 0.15) is 6.54 Å². The molecule has 0 aromatic heterocycles. The number of halogens is 3. The average Bonchev–Trinajstić information content (AvgIpc) is 2.66. The van der Waals surface area contributed by atoms with E-state index in [1.54, 1.807) is 6.92 Å². The number of hydrogen-bond donors (Lipinski definition) is 1. The van der Waals surface area contributed by atoms with Gasteiger partial charge in [-0.1, -0.05) is 6.92 Å². The molecule has 94 valence electrons. The molecule has 0 bridgehead atoms. The van der Waals surface area contributed by atoms with E-state index in [1.807, 2.05) is 0 Å². The van der Waals surface area contributed by atoms with Crippen LogP contribution in [0.1, 0.15) is 13.3 Å². The SMILES string of the molecule is CCCN(CC(F)(F)F)C(=O)C1CSCN1. The fraction of sp³-hybridized carbons (Fsp3) is 0.889. The highest BCUT2D eigenvalue weighted by atomic mass is 32.2. The molecule has 0 aromatic rings. The Hall–Kier alpha value is -0.430.